The molecule has 0 heterocycles. The minimum atomic E-state index is -3.92. The van der Waals surface area contributed by atoms with Crippen molar-refractivity contribution in [2.75, 3.05) is 6.61 Å². The van der Waals surface area contributed by atoms with Gasteiger partial charge in [-0.25, -0.2) is 8.42 Å². The van der Waals surface area contributed by atoms with Crippen molar-refractivity contribution in [2.24, 2.45) is 0 Å². The molecule has 146 valence electrons. The second-order valence-electron chi connectivity index (χ2n) is 5.71. The molecule has 0 saturated heterocycles. The average Bonchev–Trinajstić information content (AvgIpc) is 2.62. The van der Waals surface area contributed by atoms with E-state index < -0.39 is 22.0 Å². The molecule has 2 N–H and O–H groups in total. The van der Waals surface area contributed by atoms with Gasteiger partial charge in [-0.3, -0.25) is 4.79 Å². The van der Waals surface area contributed by atoms with Gasteiger partial charge in [-0.1, -0.05) is 35.3 Å². The number of nitrogens with one attached hydrogen (secondary N) is 2. The third kappa shape index (κ3) is 6.10. The molecule has 0 spiro atoms. The zero-order valence-electron chi connectivity index (χ0n) is 14.8. The molecule has 0 aromatic heterocycles. The number of hydrogen-bond donors (Lipinski definition) is 2. The molecule has 1 amide bonds. The van der Waals surface area contributed by atoms with Gasteiger partial charge in [0.05, 0.1) is 22.6 Å². The Balaban J connectivity index is 2.00. The summed E-state index contributed by atoms with van der Waals surface area (Å²) in [5.41, 5.74) is 0.848. The van der Waals surface area contributed by atoms with Crippen LogP contribution in [0.4, 0.5) is 0 Å². The van der Waals surface area contributed by atoms with E-state index in [0.717, 1.165) is 5.56 Å². The maximum Gasteiger partial charge on any atom is 0.241 e. The quantitative estimate of drug-likeness (QED) is 0.671. The summed E-state index contributed by atoms with van der Waals surface area (Å²) in [6, 6.07) is 10.2. The second-order valence-corrected chi connectivity index (χ2v) is 8.27. The number of carbonyl (C=O) groups excluding carboxylic acids is 1. The van der Waals surface area contributed by atoms with Gasteiger partial charge in [-0.15, -0.1) is 0 Å². The lowest BCUT2D eigenvalue weighted by molar-refractivity contribution is -0.122. The van der Waals surface area contributed by atoms with Gasteiger partial charge in [0.2, 0.25) is 15.9 Å². The lowest BCUT2D eigenvalue weighted by atomic mass is 10.2. The Kier molecular flexibility index (Phi) is 7.49. The first-order valence-electron chi connectivity index (χ1n) is 8.19. The molecule has 0 aliphatic rings. The lowest BCUT2D eigenvalue weighted by Crippen LogP contribution is -2.44. The highest BCUT2D eigenvalue weighted by Gasteiger charge is 2.22. The predicted octanol–water partition coefficient (Wildman–Crippen LogP) is 3.38. The maximum atomic E-state index is 12.5. The van der Waals surface area contributed by atoms with Crippen LogP contribution < -0.4 is 14.8 Å². The molecule has 0 bridgehead atoms. The van der Waals surface area contributed by atoms with E-state index >= 15 is 0 Å². The number of carbonyl (C=O) groups is 1. The van der Waals surface area contributed by atoms with Crippen molar-refractivity contribution in [1.29, 1.82) is 0 Å². The number of benzene rings is 2. The van der Waals surface area contributed by atoms with Gasteiger partial charge in [-0.05, 0) is 49.7 Å². The number of sulfonamides is 1. The first-order chi connectivity index (χ1) is 12.7. The summed E-state index contributed by atoms with van der Waals surface area (Å²) in [6.07, 6.45) is 0. The molecular formula is C18H20Cl2N2O4S. The molecule has 0 aliphatic heterocycles. The molecule has 2 rings (SSSR count). The smallest absolute Gasteiger partial charge is 0.241 e. The maximum absolute atomic E-state index is 12.5. The molecule has 27 heavy (non-hydrogen) atoms. The van der Waals surface area contributed by atoms with Crippen LogP contribution in [-0.4, -0.2) is 27.0 Å². The van der Waals surface area contributed by atoms with Gasteiger partial charge in [0, 0.05) is 11.6 Å². The third-order valence-electron chi connectivity index (χ3n) is 3.62. The van der Waals surface area contributed by atoms with E-state index in [-0.39, 0.29) is 16.5 Å². The minimum absolute atomic E-state index is 0.0479. The van der Waals surface area contributed by atoms with Gasteiger partial charge in [0.1, 0.15) is 5.75 Å². The topological polar surface area (TPSA) is 84.5 Å². The van der Waals surface area contributed by atoms with Crippen LogP contribution in [0.3, 0.4) is 0 Å². The highest BCUT2D eigenvalue weighted by molar-refractivity contribution is 7.89. The third-order valence-corrected chi connectivity index (χ3v) is 5.70. The summed E-state index contributed by atoms with van der Waals surface area (Å²) in [7, 11) is -3.92. The van der Waals surface area contributed by atoms with Crippen LogP contribution in [0.1, 0.15) is 19.4 Å². The SMILES string of the molecule is CCOc1ccc(S(=O)(=O)N[C@H](C)C(=O)NCc2ccc(Cl)cc2)cc1Cl. The van der Waals surface area contributed by atoms with Crippen LogP contribution in [-0.2, 0) is 21.4 Å². The van der Waals surface area contributed by atoms with Crippen molar-refractivity contribution in [1.82, 2.24) is 10.0 Å². The minimum Gasteiger partial charge on any atom is -0.492 e. The van der Waals surface area contributed by atoms with Gasteiger partial charge in [0.25, 0.3) is 0 Å². The molecule has 2 aromatic carbocycles. The summed E-state index contributed by atoms with van der Waals surface area (Å²) in [6.45, 7) is 3.93. The molecule has 0 radical (unpaired) electrons. The molecule has 6 nitrogen and oxygen atoms in total. The predicted molar refractivity (Wildman–Crippen MR) is 106 cm³/mol. The van der Waals surface area contributed by atoms with Crippen molar-refractivity contribution >= 4 is 39.1 Å². The fourth-order valence-electron chi connectivity index (χ4n) is 2.22. The van der Waals surface area contributed by atoms with Crippen molar-refractivity contribution in [3.05, 3.63) is 58.1 Å². The highest BCUT2D eigenvalue weighted by Crippen LogP contribution is 2.27. The number of ether oxygens (including phenoxy) is 1. The molecule has 1 atom stereocenters. The Bertz CT molecular complexity index is 902. The van der Waals surface area contributed by atoms with Gasteiger partial charge < -0.3 is 10.1 Å². The molecule has 9 heteroatoms. The van der Waals surface area contributed by atoms with E-state index in [1.807, 2.05) is 0 Å². The van der Waals surface area contributed by atoms with E-state index in [2.05, 4.69) is 10.0 Å². The molecular weight excluding hydrogens is 411 g/mol. The molecule has 0 fully saturated rings. The zero-order valence-corrected chi connectivity index (χ0v) is 17.2. The van der Waals surface area contributed by atoms with E-state index in [4.69, 9.17) is 27.9 Å². The monoisotopic (exact) mass is 430 g/mol. The van der Waals surface area contributed by atoms with Crippen molar-refractivity contribution in [3.8, 4) is 5.75 Å². The Morgan fingerprint density at radius 2 is 1.81 bits per heavy atom. The first kappa shape index (κ1) is 21.5. The Morgan fingerprint density at radius 1 is 1.15 bits per heavy atom. The van der Waals surface area contributed by atoms with Crippen molar-refractivity contribution in [2.45, 2.75) is 31.3 Å². The van der Waals surface area contributed by atoms with Crippen LogP contribution in [0.15, 0.2) is 47.4 Å². The molecule has 0 saturated carbocycles. The van der Waals surface area contributed by atoms with E-state index in [1.165, 1.54) is 25.1 Å². The Morgan fingerprint density at radius 3 is 2.41 bits per heavy atom. The van der Waals surface area contributed by atoms with Gasteiger partial charge in [-0.2, -0.15) is 4.72 Å². The fraction of sp³-hybridized carbons (Fsp3) is 0.278. The van der Waals surface area contributed by atoms with Crippen LogP contribution in [0.25, 0.3) is 0 Å². The lowest BCUT2D eigenvalue weighted by Gasteiger charge is -2.15. The number of hydrogen-bond acceptors (Lipinski definition) is 4. The summed E-state index contributed by atoms with van der Waals surface area (Å²) in [5.74, 6) is -0.0579. The fourth-order valence-corrected chi connectivity index (χ4v) is 3.87. The normalized spacial score (nSPS) is 12.4. The first-order valence-corrected chi connectivity index (χ1v) is 10.4. The van der Waals surface area contributed by atoms with Crippen molar-refractivity contribution in [3.63, 3.8) is 0 Å². The van der Waals surface area contributed by atoms with Crippen LogP contribution >= 0.6 is 23.2 Å². The van der Waals surface area contributed by atoms with Crippen LogP contribution in [0.2, 0.25) is 10.0 Å². The van der Waals surface area contributed by atoms with E-state index in [9.17, 15) is 13.2 Å². The Hall–Kier alpha value is -1.80. The second kappa shape index (κ2) is 9.41. The van der Waals surface area contributed by atoms with Crippen LogP contribution in [0.5, 0.6) is 5.75 Å². The van der Waals surface area contributed by atoms with Crippen LogP contribution in [0, 0.1) is 0 Å². The molecule has 0 aliphatic carbocycles. The van der Waals surface area contributed by atoms with Gasteiger partial charge in [0.15, 0.2) is 0 Å². The largest absolute Gasteiger partial charge is 0.492 e. The summed E-state index contributed by atoms with van der Waals surface area (Å²) < 4.78 is 32.6. The van der Waals surface area contributed by atoms with Crippen molar-refractivity contribution < 1.29 is 17.9 Å². The van der Waals surface area contributed by atoms with E-state index in [0.29, 0.717) is 17.4 Å². The summed E-state index contributed by atoms with van der Waals surface area (Å²) >= 11 is 11.8. The standard InChI is InChI=1S/C18H20Cl2N2O4S/c1-3-26-17-9-8-15(10-16(17)20)27(24,25)22-12(2)18(23)21-11-13-4-6-14(19)7-5-13/h4-10,12,22H,3,11H2,1-2H3,(H,21,23)/t12-/m1/s1. The zero-order chi connectivity index (χ0) is 20.0. The van der Waals surface area contributed by atoms with E-state index in [1.54, 1.807) is 31.2 Å². The number of halogens is 2. The number of amides is 1. The molecule has 2 aromatic rings. The highest BCUT2D eigenvalue weighted by atomic mass is 35.5. The average molecular weight is 431 g/mol. The summed E-state index contributed by atoms with van der Waals surface area (Å²) in [5, 5.41) is 3.45. The Labute approximate surface area is 168 Å². The van der Waals surface area contributed by atoms with Gasteiger partial charge >= 0.3 is 0 Å². The number of rotatable bonds is 8. The summed E-state index contributed by atoms with van der Waals surface area (Å²) in [4.78, 5) is 12.1. The molecule has 0 unspecified atom stereocenters.